The summed E-state index contributed by atoms with van der Waals surface area (Å²) in [6.45, 7) is 7.66. The number of imidazole rings is 1. The molecule has 1 amide bonds. The Kier molecular flexibility index (Phi) is 7.90. The lowest BCUT2D eigenvalue weighted by atomic mass is 9.88. The van der Waals surface area contributed by atoms with Crippen LogP contribution in [0.4, 0.5) is 0 Å². The third-order valence-corrected chi connectivity index (χ3v) is 7.71. The molecule has 5 nitrogen and oxygen atoms in total. The number of amides is 1. The molecule has 0 radical (unpaired) electrons. The summed E-state index contributed by atoms with van der Waals surface area (Å²) >= 11 is 0. The van der Waals surface area contributed by atoms with Crippen molar-refractivity contribution in [2.45, 2.75) is 52.0 Å². The highest BCUT2D eigenvalue weighted by molar-refractivity contribution is 5.83. The van der Waals surface area contributed by atoms with Crippen molar-refractivity contribution in [3.05, 3.63) is 78.1 Å². The number of rotatable bonds is 9. The zero-order valence-electron chi connectivity index (χ0n) is 22.4. The van der Waals surface area contributed by atoms with Gasteiger partial charge in [-0.25, -0.2) is 4.98 Å². The monoisotopic (exact) mass is 497 g/mol. The zero-order valence-corrected chi connectivity index (χ0v) is 22.4. The average molecular weight is 498 g/mol. The predicted molar refractivity (Wildman–Crippen MR) is 151 cm³/mol. The molecule has 1 saturated heterocycles. The number of carbonyl (C=O) groups is 1. The molecule has 1 fully saturated rings. The Balaban J connectivity index is 1.28. The fourth-order valence-corrected chi connectivity index (χ4v) is 6.02. The van der Waals surface area contributed by atoms with Crippen molar-refractivity contribution in [1.82, 2.24) is 14.5 Å². The zero-order chi connectivity index (χ0) is 25.8. The Labute approximate surface area is 220 Å². The first-order chi connectivity index (χ1) is 18.0. The van der Waals surface area contributed by atoms with Crippen LogP contribution in [0.5, 0.6) is 0 Å². The minimum atomic E-state index is 0.249. The number of likely N-dealkylation sites (tertiary alicyclic amines) is 1. The van der Waals surface area contributed by atoms with Crippen LogP contribution in [0, 0.1) is 11.8 Å². The maximum atomic E-state index is 13.5. The normalized spacial score (nSPS) is 18.9. The summed E-state index contributed by atoms with van der Waals surface area (Å²) in [6.07, 6.45) is 3.50. The molecule has 1 aromatic heterocycles. The van der Waals surface area contributed by atoms with Gasteiger partial charge >= 0.3 is 0 Å². The van der Waals surface area contributed by atoms with Gasteiger partial charge in [0.25, 0.3) is 0 Å². The van der Waals surface area contributed by atoms with Gasteiger partial charge in [-0.1, -0.05) is 68.4 Å². The van der Waals surface area contributed by atoms with E-state index >= 15 is 0 Å². The number of nitrogens with zero attached hydrogens (tertiary/aromatic N) is 3. The molecule has 3 atom stereocenters. The first kappa shape index (κ1) is 25.5. The molecule has 4 aromatic rings. The van der Waals surface area contributed by atoms with Crippen molar-refractivity contribution >= 4 is 27.7 Å². The molecule has 5 rings (SSSR count). The maximum Gasteiger partial charge on any atom is 0.222 e. The van der Waals surface area contributed by atoms with E-state index in [4.69, 9.17) is 9.72 Å². The van der Waals surface area contributed by atoms with Crippen molar-refractivity contribution in [2.75, 3.05) is 26.8 Å². The predicted octanol–water partition coefficient (Wildman–Crippen LogP) is 6.45. The highest BCUT2D eigenvalue weighted by Gasteiger charge is 2.32. The van der Waals surface area contributed by atoms with E-state index in [-0.39, 0.29) is 11.8 Å². The van der Waals surface area contributed by atoms with E-state index < -0.39 is 0 Å². The molecule has 5 heteroatoms. The lowest BCUT2D eigenvalue weighted by Gasteiger charge is -2.37. The van der Waals surface area contributed by atoms with Gasteiger partial charge in [-0.05, 0) is 59.6 Å². The smallest absolute Gasteiger partial charge is 0.222 e. The van der Waals surface area contributed by atoms with Crippen LogP contribution in [0.15, 0.2) is 66.7 Å². The fourth-order valence-electron chi connectivity index (χ4n) is 6.02. The minimum absolute atomic E-state index is 0.249. The van der Waals surface area contributed by atoms with E-state index in [2.05, 4.69) is 90.0 Å². The maximum absolute atomic E-state index is 13.5. The number of para-hydroxylation sites is 2. The molecule has 194 valence electrons. The molecule has 0 spiro atoms. The minimum Gasteiger partial charge on any atom is -0.385 e. The van der Waals surface area contributed by atoms with Crippen molar-refractivity contribution in [1.29, 1.82) is 0 Å². The number of piperidine rings is 1. The SMILES string of the molecule is COCCCn1c(C2CC(C)CN(C(=O)C[C@H](C)Cc3ccc4ccccc4c3)C2)nc2ccccc21. The van der Waals surface area contributed by atoms with Gasteiger partial charge in [0.15, 0.2) is 0 Å². The standard InChI is InChI=1S/C32H39N3O2/c1-23(17-25-13-14-26-9-4-5-10-27(26)20-25)19-31(36)34-21-24(2)18-28(22-34)32-33-29-11-6-7-12-30(29)35(32)15-8-16-37-3/h4-7,9-14,20,23-24,28H,8,15-19,21-22H2,1-3H3/t23-,24?,28?/m1/s1. The topological polar surface area (TPSA) is 47.4 Å². The Hall–Kier alpha value is -3.18. The molecule has 0 bridgehead atoms. The fraction of sp³-hybridized carbons (Fsp3) is 0.438. The van der Waals surface area contributed by atoms with Crippen LogP contribution in [0.1, 0.15) is 50.4 Å². The summed E-state index contributed by atoms with van der Waals surface area (Å²) in [6, 6.07) is 23.5. The third-order valence-electron chi connectivity index (χ3n) is 7.71. The van der Waals surface area contributed by atoms with Gasteiger partial charge in [0, 0.05) is 45.7 Å². The van der Waals surface area contributed by atoms with Crippen LogP contribution in [0.3, 0.4) is 0 Å². The number of aryl methyl sites for hydroxylation is 1. The van der Waals surface area contributed by atoms with Gasteiger partial charge in [-0.15, -0.1) is 0 Å². The van der Waals surface area contributed by atoms with Crippen molar-refractivity contribution < 1.29 is 9.53 Å². The second-order valence-corrected chi connectivity index (χ2v) is 11.0. The number of ether oxygens (including phenoxy) is 1. The van der Waals surface area contributed by atoms with Gasteiger partial charge in [0.05, 0.1) is 11.0 Å². The Morgan fingerprint density at radius 1 is 1.05 bits per heavy atom. The van der Waals surface area contributed by atoms with E-state index in [1.807, 2.05) is 0 Å². The van der Waals surface area contributed by atoms with Gasteiger partial charge in [0.1, 0.15) is 5.82 Å². The van der Waals surface area contributed by atoms with Crippen molar-refractivity contribution in [3.8, 4) is 0 Å². The summed E-state index contributed by atoms with van der Waals surface area (Å²) in [5.41, 5.74) is 3.51. The molecule has 3 aromatic carbocycles. The second kappa shape index (κ2) is 11.5. The van der Waals surface area contributed by atoms with Crippen molar-refractivity contribution in [3.63, 3.8) is 0 Å². The highest BCUT2D eigenvalue weighted by Crippen LogP contribution is 2.33. The van der Waals surface area contributed by atoms with E-state index in [0.717, 1.165) is 56.8 Å². The number of carbonyl (C=O) groups excluding carboxylic acids is 1. The summed E-state index contributed by atoms with van der Waals surface area (Å²) < 4.78 is 7.68. The summed E-state index contributed by atoms with van der Waals surface area (Å²) in [5.74, 6) is 2.38. The molecule has 2 unspecified atom stereocenters. The van der Waals surface area contributed by atoms with Crippen LogP contribution in [-0.4, -0.2) is 47.2 Å². The lowest BCUT2D eigenvalue weighted by molar-refractivity contribution is -0.134. The molecule has 0 aliphatic carbocycles. The van der Waals surface area contributed by atoms with Gasteiger partial charge < -0.3 is 14.2 Å². The number of fused-ring (bicyclic) bond motifs is 2. The number of aromatic nitrogens is 2. The largest absolute Gasteiger partial charge is 0.385 e. The quantitative estimate of drug-likeness (QED) is 0.250. The van der Waals surface area contributed by atoms with Crippen LogP contribution in [0.25, 0.3) is 21.8 Å². The van der Waals surface area contributed by atoms with E-state index in [0.29, 0.717) is 18.3 Å². The molecule has 1 aliphatic heterocycles. The lowest BCUT2D eigenvalue weighted by Crippen LogP contribution is -2.43. The molecule has 1 aliphatic rings. The number of hydrogen-bond donors (Lipinski definition) is 0. The number of benzene rings is 3. The number of methoxy groups -OCH3 is 1. The van der Waals surface area contributed by atoms with E-state index in [9.17, 15) is 4.79 Å². The van der Waals surface area contributed by atoms with Crippen LogP contribution in [0.2, 0.25) is 0 Å². The second-order valence-electron chi connectivity index (χ2n) is 11.0. The number of hydrogen-bond acceptors (Lipinski definition) is 3. The Bertz CT molecular complexity index is 1360. The third kappa shape index (κ3) is 5.88. The molecular weight excluding hydrogens is 458 g/mol. The van der Waals surface area contributed by atoms with Crippen LogP contribution < -0.4 is 0 Å². The Morgan fingerprint density at radius 2 is 1.84 bits per heavy atom. The van der Waals surface area contributed by atoms with E-state index in [1.54, 1.807) is 7.11 Å². The summed E-state index contributed by atoms with van der Waals surface area (Å²) in [5, 5.41) is 2.52. The van der Waals surface area contributed by atoms with Gasteiger partial charge in [-0.2, -0.15) is 0 Å². The first-order valence-corrected chi connectivity index (χ1v) is 13.7. The van der Waals surface area contributed by atoms with Crippen LogP contribution >= 0.6 is 0 Å². The molecule has 37 heavy (non-hydrogen) atoms. The van der Waals surface area contributed by atoms with E-state index in [1.165, 1.54) is 21.9 Å². The summed E-state index contributed by atoms with van der Waals surface area (Å²) in [4.78, 5) is 20.7. The van der Waals surface area contributed by atoms with Gasteiger partial charge in [-0.3, -0.25) is 4.79 Å². The van der Waals surface area contributed by atoms with Crippen LogP contribution in [-0.2, 0) is 22.5 Å². The average Bonchev–Trinajstić information content (AvgIpc) is 3.27. The first-order valence-electron chi connectivity index (χ1n) is 13.7. The molecule has 0 saturated carbocycles. The van der Waals surface area contributed by atoms with Crippen molar-refractivity contribution in [2.24, 2.45) is 11.8 Å². The molecular formula is C32H39N3O2. The highest BCUT2D eigenvalue weighted by atomic mass is 16.5. The van der Waals surface area contributed by atoms with Gasteiger partial charge in [0.2, 0.25) is 5.91 Å². The molecule has 0 N–H and O–H groups in total. The summed E-state index contributed by atoms with van der Waals surface area (Å²) in [7, 11) is 1.75. The Morgan fingerprint density at radius 3 is 2.68 bits per heavy atom. The molecule has 2 heterocycles.